The van der Waals surface area contributed by atoms with Crippen molar-refractivity contribution in [2.45, 2.75) is 60.5 Å². The van der Waals surface area contributed by atoms with Crippen LogP contribution in [0.3, 0.4) is 0 Å². The van der Waals surface area contributed by atoms with Gasteiger partial charge in [-0.25, -0.2) is 0 Å². The van der Waals surface area contributed by atoms with Gasteiger partial charge in [0.2, 0.25) is 0 Å². The first-order valence-electron chi connectivity index (χ1n) is 6.73. The van der Waals surface area contributed by atoms with Gasteiger partial charge in [0, 0.05) is 17.5 Å². The molecule has 0 bridgehead atoms. The van der Waals surface area contributed by atoms with Crippen LogP contribution in [-0.4, -0.2) is 6.04 Å². The first-order chi connectivity index (χ1) is 7.97. The first-order valence-corrected chi connectivity index (χ1v) is 7.61. The lowest BCUT2D eigenvalue weighted by Gasteiger charge is -2.16. The molecule has 1 heterocycles. The van der Waals surface area contributed by atoms with Gasteiger partial charge in [-0.15, -0.1) is 11.3 Å². The largest absolute Gasteiger partial charge is 0.309 e. The Labute approximate surface area is 112 Å². The van der Waals surface area contributed by atoms with Crippen LogP contribution in [0.5, 0.6) is 0 Å². The lowest BCUT2D eigenvalue weighted by molar-refractivity contribution is 0.428. The Bertz CT molecular complexity index is 252. The Hall–Kier alpha value is -0.340. The molecule has 100 valence electrons. The van der Waals surface area contributed by atoms with E-state index in [1.165, 1.54) is 11.3 Å². The zero-order valence-electron chi connectivity index (χ0n) is 12.3. The Balaban J connectivity index is 0.000000437. The molecule has 0 saturated carbocycles. The Morgan fingerprint density at radius 3 is 2.12 bits per heavy atom. The fraction of sp³-hybridized carbons (Fsp3) is 0.733. The summed E-state index contributed by atoms with van der Waals surface area (Å²) in [5.41, 5.74) is 0. The monoisotopic (exact) mass is 255 g/mol. The Morgan fingerprint density at radius 1 is 1.18 bits per heavy atom. The average molecular weight is 255 g/mol. The van der Waals surface area contributed by atoms with E-state index in [9.17, 15) is 0 Å². The lowest BCUT2D eigenvalue weighted by atomic mass is 10.1. The molecule has 1 aromatic heterocycles. The van der Waals surface area contributed by atoms with Gasteiger partial charge < -0.3 is 5.32 Å². The molecule has 0 saturated heterocycles. The van der Waals surface area contributed by atoms with Crippen LogP contribution in [0.2, 0.25) is 0 Å². The van der Waals surface area contributed by atoms with Crippen LogP contribution in [0.4, 0.5) is 0 Å². The van der Waals surface area contributed by atoms with Crippen molar-refractivity contribution in [3.05, 3.63) is 22.4 Å². The lowest BCUT2D eigenvalue weighted by Crippen LogP contribution is -2.29. The quantitative estimate of drug-likeness (QED) is 0.786. The molecular formula is C15H29NS. The Morgan fingerprint density at radius 2 is 1.76 bits per heavy atom. The van der Waals surface area contributed by atoms with Crippen LogP contribution in [0, 0.1) is 11.8 Å². The molecular weight excluding hydrogens is 226 g/mol. The highest BCUT2D eigenvalue weighted by molar-refractivity contribution is 7.09. The molecule has 0 radical (unpaired) electrons. The van der Waals surface area contributed by atoms with Gasteiger partial charge in [-0.2, -0.15) is 0 Å². The van der Waals surface area contributed by atoms with E-state index >= 15 is 0 Å². The third kappa shape index (κ3) is 9.37. The summed E-state index contributed by atoms with van der Waals surface area (Å²) in [4.78, 5) is 1.42. The van der Waals surface area contributed by atoms with Gasteiger partial charge in [0.15, 0.2) is 0 Å². The molecule has 1 aromatic rings. The van der Waals surface area contributed by atoms with Gasteiger partial charge in [-0.3, -0.25) is 0 Å². The SMILES string of the molecule is CC(C)C(C)NCc1cccs1.CCC(C)C. The maximum Gasteiger partial charge on any atom is 0.0302 e. The molecule has 0 aliphatic heterocycles. The van der Waals surface area contributed by atoms with E-state index in [1.807, 2.05) is 11.3 Å². The molecule has 0 fully saturated rings. The van der Waals surface area contributed by atoms with Gasteiger partial charge >= 0.3 is 0 Å². The van der Waals surface area contributed by atoms with Crippen LogP contribution in [0.1, 0.15) is 52.8 Å². The minimum atomic E-state index is 0.604. The topological polar surface area (TPSA) is 12.0 Å². The van der Waals surface area contributed by atoms with Crippen molar-refractivity contribution >= 4 is 11.3 Å². The molecule has 1 unspecified atom stereocenters. The maximum absolute atomic E-state index is 3.49. The fourth-order valence-corrected chi connectivity index (χ4v) is 1.57. The smallest absolute Gasteiger partial charge is 0.0302 e. The van der Waals surface area contributed by atoms with Gasteiger partial charge in [0.05, 0.1) is 0 Å². The molecule has 0 aromatic carbocycles. The molecule has 1 rings (SSSR count). The van der Waals surface area contributed by atoms with Crippen molar-refractivity contribution in [2.75, 3.05) is 0 Å². The molecule has 0 aliphatic carbocycles. The molecule has 0 amide bonds. The third-order valence-corrected chi connectivity index (χ3v) is 3.87. The number of hydrogen-bond acceptors (Lipinski definition) is 2. The van der Waals surface area contributed by atoms with Crippen LogP contribution in [0.15, 0.2) is 17.5 Å². The number of hydrogen-bond donors (Lipinski definition) is 1. The second-order valence-electron chi connectivity index (χ2n) is 5.30. The summed E-state index contributed by atoms with van der Waals surface area (Å²) >= 11 is 1.81. The second kappa shape index (κ2) is 9.67. The fourth-order valence-electron chi connectivity index (χ4n) is 0.910. The van der Waals surface area contributed by atoms with Crippen molar-refractivity contribution in [2.24, 2.45) is 11.8 Å². The summed E-state index contributed by atoms with van der Waals surface area (Å²) in [6, 6.07) is 4.87. The van der Waals surface area contributed by atoms with E-state index in [2.05, 4.69) is 64.4 Å². The average Bonchev–Trinajstić information content (AvgIpc) is 2.79. The summed E-state index contributed by atoms with van der Waals surface area (Å²) in [7, 11) is 0. The van der Waals surface area contributed by atoms with Gasteiger partial charge in [0.1, 0.15) is 0 Å². The van der Waals surface area contributed by atoms with Crippen molar-refractivity contribution in [1.82, 2.24) is 5.32 Å². The van der Waals surface area contributed by atoms with E-state index in [0.717, 1.165) is 12.5 Å². The number of thiophene rings is 1. The normalized spacial score (nSPS) is 12.5. The third-order valence-electron chi connectivity index (χ3n) is 2.99. The van der Waals surface area contributed by atoms with Crippen molar-refractivity contribution in [1.29, 1.82) is 0 Å². The molecule has 1 atom stereocenters. The number of rotatable bonds is 5. The second-order valence-corrected chi connectivity index (χ2v) is 6.33. The molecule has 17 heavy (non-hydrogen) atoms. The Kier molecular flexibility index (Phi) is 9.47. The molecule has 0 aliphatic rings. The number of nitrogens with one attached hydrogen (secondary N) is 1. The molecule has 1 nitrogen and oxygen atoms in total. The molecule has 1 N–H and O–H groups in total. The standard InChI is InChI=1S/C10H17NS.C5H12/c1-8(2)9(3)11-7-10-5-4-6-12-10;1-4-5(2)3/h4-6,8-9,11H,7H2,1-3H3;5H,4H2,1-3H3. The van der Waals surface area contributed by atoms with Gasteiger partial charge in [-0.1, -0.05) is 47.1 Å². The molecule has 0 spiro atoms. The minimum Gasteiger partial charge on any atom is -0.309 e. The summed E-state index contributed by atoms with van der Waals surface area (Å²) < 4.78 is 0. The first kappa shape index (κ1) is 16.7. The van der Waals surface area contributed by atoms with E-state index in [1.54, 1.807) is 0 Å². The predicted octanol–water partition coefficient (Wildman–Crippen LogP) is 4.93. The summed E-state index contributed by atoms with van der Waals surface area (Å²) in [6.07, 6.45) is 1.31. The highest BCUT2D eigenvalue weighted by atomic mass is 32.1. The van der Waals surface area contributed by atoms with E-state index in [0.29, 0.717) is 12.0 Å². The van der Waals surface area contributed by atoms with Gasteiger partial charge in [-0.05, 0) is 30.2 Å². The maximum atomic E-state index is 3.49. The van der Waals surface area contributed by atoms with E-state index in [4.69, 9.17) is 0 Å². The van der Waals surface area contributed by atoms with Crippen LogP contribution in [-0.2, 0) is 6.54 Å². The van der Waals surface area contributed by atoms with Crippen molar-refractivity contribution in [3.63, 3.8) is 0 Å². The summed E-state index contributed by atoms with van der Waals surface area (Å²) in [5, 5.41) is 5.62. The molecule has 2 heteroatoms. The van der Waals surface area contributed by atoms with E-state index in [-0.39, 0.29) is 0 Å². The van der Waals surface area contributed by atoms with E-state index < -0.39 is 0 Å². The summed E-state index contributed by atoms with van der Waals surface area (Å²) in [6.45, 7) is 14.4. The van der Waals surface area contributed by atoms with Crippen molar-refractivity contribution in [3.8, 4) is 0 Å². The summed E-state index contributed by atoms with van der Waals surface area (Å²) in [5.74, 6) is 1.60. The highest BCUT2D eigenvalue weighted by Crippen LogP contribution is 2.09. The van der Waals surface area contributed by atoms with Crippen LogP contribution < -0.4 is 5.32 Å². The zero-order chi connectivity index (χ0) is 13.3. The minimum absolute atomic E-state index is 0.604. The predicted molar refractivity (Wildman–Crippen MR) is 80.6 cm³/mol. The van der Waals surface area contributed by atoms with Crippen molar-refractivity contribution < 1.29 is 0 Å². The van der Waals surface area contributed by atoms with Gasteiger partial charge in [0.25, 0.3) is 0 Å². The highest BCUT2D eigenvalue weighted by Gasteiger charge is 2.05. The zero-order valence-corrected chi connectivity index (χ0v) is 13.1. The van der Waals surface area contributed by atoms with Crippen LogP contribution >= 0.6 is 11.3 Å². The van der Waals surface area contributed by atoms with Crippen LogP contribution in [0.25, 0.3) is 0 Å².